The first-order valence-electron chi connectivity index (χ1n) is 10.7. The van der Waals surface area contributed by atoms with Gasteiger partial charge in [0.25, 0.3) is 5.91 Å². The number of carbonyl (C=O) groups excluding carboxylic acids is 1. The van der Waals surface area contributed by atoms with E-state index in [9.17, 15) is 4.79 Å². The summed E-state index contributed by atoms with van der Waals surface area (Å²) in [5.74, 6) is 0.725. The molecule has 0 radical (unpaired) electrons. The van der Waals surface area contributed by atoms with Gasteiger partial charge in [0.05, 0.1) is 17.5 Å². The summed E-state index contributed by atoms with van der Waals surface area (Å²) in [6, 6.07) is 17.4. The SMILES string of the molecule is Cc1nn(-c2ccccc2)c(C)c1CN(C)C(=O)c1ccc(OCC2CCCO2)cc1. The number of aryl methyl sites for hydroxylation is 1. The van der Waals surface area contributed by atoms with Crippen molar-refractivity contribution in [2.45, 2.75) is 39.3 Å². The molecule has 1 aliphatic rings. The number of hydrogen-bond acceptors (Lipinski definition) is 4. The van der Waals surface area contributed by atoms with Crippen LogP contribution in [0.2, 0.25) is 0 Å². The van der Waals surface area contributed by atoms with Gasteiger partial charge in [0.15, 0.2) is 0 Å². The minimum atomic E-state index is -0.0306. The van der Waals surface area contributed by atoms with Gasteiger partial charge in [-0.15, -0.1) is 0 Å². The highest BCUT2D eigenvalue weighted by Crippen LogP contribution is 2.21. The first-order chi connectivity index (χ1) is 15.0. The predicted molar refractivity (Wildman–Crippen MR) is 120 cm³/mol. The molecule has 0 N–H and O–H groups in total. The molecular weight excluding hydrogens is 390 g/mol. The molecule has 31 heavy (non-hydrogen) atoms. The molecule has 0 aliphatic carbocycles. The van der Waals surface area contributed by atoms with Gasteiger partial charge in [0, 0.05) is 37.0 Å². The lowest BCUT2D eigenvalue weighted by atomic mass is 10.1. The molecule has 2 aromatic carbocycles. The van der Waals surface area contributed by atoms with Gasteiger partial charge in [0.2, 0.25) is 0 Å². The molecule has 1 amide bonds. The number of ether oxygens (including phenoxy) is 2. The van der Waals surface area contributed by atoms with Gasteiger partial charge in [0.1, 0.15) is 12.4 Å². The number of aromatic nitrogens is 2. The number of carbonyl (C=O) groups is 1. The number of para-hydroxylation sites is 1. The topological polar surface area (TPSA) is 56.6 Å². The van der Waals surface area contributed by atoms with Crippen molar-refractivity contribution in [3.8, 4) is 11.4 Å². The van der Waals surface area contributed by atoms with Crippen molar-refractivity contribution in [1.29, 1.82) is 0 Å². The van der Waals surface area contributed by atoms with Crippen LogP contribution in [-0.4, -0.2) is 47.0 Å². The van der Waals surface area contributed by atoms with Crippen LogP contribution in [0.5, 0.6) is 5.75 Å². The molecule has 162 valence electrons. The normalized spacial score (nSPS) is 15.8. The van der Waals surface area contributed by atoms with Crippen LogP contribution in [0.3, 0.4) is 0 Å². The van der Waals surface area contributed by atoms with E-state index in [1.165, 1.54) is 0 Å². The van der Waals surface area contributed by atoms with Crippen LogP contribution in [0, 0.1) is 13.8 Å². The maximum Gasteiger partial charge on any atom is 0.253 e. The molecule has 1 aromatic heterocycles. The molecule has 6 heteroatoms. The Balaban J connectivity index is 1.41. The third kappa shape index (κ3) is 4.80. The molecule has 3 aromatic rings. The second kappa shape index (κ2) is 9.35. The summed E-state index contributed by atoms with van der Waals surface area (Å²) in [6.07, 6.45) is 2.31. The highest BCUT2D eigenvalue weighted by molar-refractivity contribution is 5.94. The van der Waals surface area contributed by atoms with Gasteiger partial charge < -0.3 is 14.4 Å². The van der Waals surface area contributed by atoms with Crippen LogP contribution >= 0.6 is 0 Å². The van der Waals surface area contributed by atoms with E-state index in [0.717, 1.165) is 47.8 Å². The molecule has 1 aliphatic heterocycles. The molecule has 2 heterocycles. The van der Waals surface area contributed by atoms with E-state index in [1.807, 2.05) is 80.2 Å². The Kier molecular flexibility index (Phi) is 6.37. The van der Waals surface area contributed by atoms with Gasteiger partial charge in [-0.2, -0.15) is 5.10 Å². The Morgan fingerprint density at radius 3 is 2.58 bits per heavy atom. The third-order valence-electron chi connectivity index (χ3n) is 5.75. The van der Waals surface area contributed by atoms with Crippen LogP contribution in [-0.2, 0) is 11.3 Å². The highest BCUT2D eigenvalue weighted by Gasteiger charge is 2.19. The van der Waals surface area contributed by atoms with Gasteiger partial charge >= 0.3 is 0 Å². The highest BCUT2D eigenvalue weighted by atomic mass is 16.5. The Bertz CT molecular complexity index is 1020. The van der Waals surface area contributed by atoms with Crippen molar-refractivity contribution >= 4 is 5.91 Å². The van der Waals surface area contributed by atoms with Crippen molar-refractivity contribution in [3.05, 3.63) is 77.1 Å². The van der Waals surface area contributed by atoms with E-state index < -0.39 is 0 Å². The lowest BCUT2D eigenvalue weighted by Crippen LogP contribution is -2.26. The van der Waals surface area contributed by atoms with E-state index in [4.69, 9.17) is 9.47 Å². The fourth-order valence-corrected chi connectivity index (χ4v) is 3.91. The molecule has 1 atom stereocenters. The molecule has 0 saturated carbocycles. The quantitative estimate of drug-likeness (QED) is 0.572. The summed E-state index contributed by atoms with van der Waals surface area (Å²) in [5.41, 5.74) is 4.69. The smallest absolute Gasteiger partial charge is 0.253 e. The molecule has 0 bridgehead atoms. The van der Waals surface area contributed by atoms with Crippen LogP contribution < -0.4 is 4.74 Å². The molecule has 4 rings (SSSR count). The monoisotopic (exact) mass is 419 g/mol. The van der Waals surface area contributed by atoms with E-state index in [1.54, 1.807) is 4.90 Å². The molecule has 1 saturated heterocycles. The van der Waals surface area contributed by atoms with Gasteiger partial charge in [-0.05, 0) is 63.1 Å². The predicted octanol–water partition coefficient (Wildman–Crippen LogP) is 4.32. The van der Waals surface area contributed by atoms with Gasteiger partial charge in [-0.25, -0.2) is 4.68 Å². The summed E-state index contributed by atoms with van der Waals surface area (Å²) in [7, 11) is 1.82. The van der Waals surface area contributed by atoms with Crippen molar-refractivity contribution in [1.82, 2.24) is 14.7 Å². The van der Waals surface area contributed by atoms with E-state index in [0.29, 0.717) is 18.7 Å². The second-order valence-electron chi connectivity index (χ2n) is 8.03. The lowest BCUT2D eigenvalue weighted by molar-refractivity contribution is 0.0679. The van der Waals surface area contributed by atoms with Gasteiger partial charge in [-0.1, -0.05) is 18.2 Å². The number of amides is 1. The van der Waals surface area contributed by atoms with Crippen molar-refractivity contribution in [2.24, 2.45) is 0 Å². The summed E-state index contributed by atoms with van der Waals surface area (Å²) >= 11 is 0. The third-order valence-corrected chi connectivity index (χ3v) is 5.75. The lowest BCUT2D eigenvalue weighted by Gasteiger charge is -2.18. The maximum absolute atomic E-state index is 13.0. The number of nitrogens with zero attached hydrogens (tertiary/aromatic N) is 3. The summed E-state index contributed by atoms with van der Waals surface area (Å²) in [5, 5.41) is 4.68. The van der Waals surface area contributed by atoms with E-state index in [2.05, 4.69) is 5.10 Å². The van der Waals surface area contributed by atoms with Gasteiger partial charge in [-0.3, -0.25) is 4.79 Å². The molecule has 0 spiro atoms. The molecule has 1 fully saturated rings. The zero-order valence-electron chi connectivity index (χ0n) is 18.4. The zero-order valence-corrected chi connectivity index (χ0v) is 18.4. The van der Waals surface area contributed by atoms with Crippen LogP contribution in [0.1, 0.15) is 40.2 Å². The van der Waals surface area contributed by atoms with E-state index >= 15 is 0 Å². The molecular formula is C25H29N3O3. The Morgan fingerprint density at radius 2 is 1.90 bits per heavy atom. The summed E-state index contributed by atoms with van der Waals surface area (Å²) in [4.78, 5) is 14.7. The van der Waals surface area contributed by atoms with Crippen LogP contribution in [0.15, 0.2) is 54.6 Å². The Hall–Kier alpha value is -3.12. The number of hydrogen-bond donors (Lipinski definition) is 0. The Labute approximate surface area is 183 Å². The Morgan fingerprint density at radius 1 is 1.16 bits per heavy atom. The average molecular weight is 420 g/mol. The zero-order chi connectivity index (χ0) is 21.8. The number of benzene rings is 2. The second-order valence-corrected chi connectivity index (χ2v) is 8.03. The fraction of sp³-hybridized carbons (Fsp3) is 0.360. The van der Waals surface area contributed by atoms with Crippen LogP contribution in [0.4, 0.5) is 0 Å². The number of rotatable bonds is 7. The van der Waals surface area contributed by atoms with Crippen molar-refractivity contribution in [3.63, 3.8) is 0 Å². The fourth-order valence-electron chi connectivity index (χ4n) is 3.91. The van der Waals surface area contributed by atoms with E-state index in [-0.39, 0.29) is 12.0 Å². The maximum atomic E-state index is 13.0. The summed E-state index contributed by atoms with van der Waals surface area (Å²) in [6.45, 7) is 5.90. The first-order valence-corrected chi connectivity index (χ1v) is 10.7. The summed E-state index contributed by atoms with van der Waals surface area (Å²) < 4.78 is 13.3. The first kappa shape index (κ1) is 21.1. The standard InChI is InChI=1S/C25H29N3O3/c1-18-24(19(2)28(26-18)21-8-5-4-6-9-21)16-27(3)25(29)20-11-13-22(14-12-20)31-17-23-10-7-15-30-23/h4-6,8-9,11-14,23H,7,10,15-17H2,1-3H3. The largest absolute Gasteiger partial charge is 0.491 e. The van der Waals surface area contributed by atoms with Crippen LogP contribution in [0.25, 0.3) is 5.69 Å². The van der Waals surface area contributed by atoms with Crippen molar-refractivity contribution < 1.29 is 14.3 Å². The average Bonchev–Trinajstić information content (AvgIpc) is 3.42. The molecule has 1 unspecified atom stereocenters. The minimum absolute atomic E-state index is 0.0306. The minimum Gasteiger partial charge on any atom is -0.491 e. The van der Waals surface area contributed by atoms with Crippen molar-refractivity contribution in [2.75, 3.05) is 20.3 Å². The molecule has 6 nitrogen and oxygen atoms in total.